The Kier molecular flexibility index (Phi) is 4.19. The molecule has 0 unspecified atom stereocenters. The molecule has 2 N–H and O–H groups in total. The maximum atomic E-state index is 13.0. The number of nitrogens with zero attached hydrogens (tertiary/aromatic N) is 2. The highest BCUT2D eigenvalue weighted by atomic mass is 16.2. The first-order valence-corrected chi connectivity index (χ1v) is 8.73. The molecule has 2 aromatic carbocycles. The summed E-state index contributed by atoms with van der Waals surface area (Å²) in [6.45, 7) is 1.93. The summed E-state index contributed by atoms with van der Waals surface area (Å²) in [7, 11) is 1.67. The highest BCUT2D eigenvalue weighted by molar-refractivity contribution is 6.11. The fourth-order valence-corrected chi connectivity index (χ4v) is 3.19. The van der Waals surface area contributed by atoms with Crippen molar-refractivity contribution >= 4 is 22.6 Å². The van der Waals surface area contributed by atoms with E-state index in [-0.39, 0.29) is 16.6 Å². The van der Waals surface area contributed by atoms with Crippen LogP contribution in [0.25, 0.3) is 16.7 Å². The Labute approximate surface area is 159 Å². The lowest BCUT2D eigenvalue weighted by atomic mass is 10.2. The fraction of sp³-hybridized carbons (Fsp3) is 0.0952. The third kappa shape index (κ3) is 2.92. The molecule has 1 amide bonds. The molecule has 0 saturated heterocycles. The van der Waals surface area contributed by atoms with Crippen LogP contribution in [0.3, 0.4) is 0 Å². The molecular weight excluding hydrogens is 356 g/mol. The Balaban J connectivity index is 1.86. The van der Waals surface area contributed by atoms with Crippen molar-refractivity contribution in [1.29, 1.82) is 0 Å². The quantitative estimate of drug-likeness (QED) is 0.578. The van der Waals surface area contributed by atoms with Crippen LogP contribution < -0.4 is 16.6 Å². The maximum Gasteiger partial charge on any atom is 0.333 e. The Hall–Kier alpha value is -3.87. The smallest absolute Gasteiger partial charge is 0.333 e. The van der Waals surface area contributed by atoms with Crippen LogP contribution >= 0.6 is 0 Å². The number of rotatable bonds is 3. The van der Waals surface area contributed by atoms with Gasteiger partial charge in [-0.1, -0.05) is 35.9 Å². The number of H-pyrrole nitrogens is 1. The molecule has 4 rings (SSSR count). The Bertz CT molecular complexity index is 1300. The number of benzene rings is 2. The molecule has 0 atom stereocenters. The molecule has 4 aromatic rings. The van der Waals surface area contributed by atoms with Gasteiger partial charge < -0.3 is 14.9 Å². The first-order chi connectivity index (χ1) is 13.5. The van der Waals surface area contributed by atoms with Gasteiger partial charge in [0.15, 0.2) is 0 Å². The first kappa shape index (κ1) is 17.5. The topological polar surface area (TPSA) is 88.9 Å². The number of amides is 1. The van der Waals surface area contributed by atoms with Crippen molar-refractivity contribution < 1.29 is 4.79 Å². The van der Waals surface area contributed by atoms with Crippen LogP contribution in [-0.4, -0.2) is 20.0 Å². The number of aromatic amines is 1. The summed E-state index contributed by atoms with van der Waals surface area (Å²) in [5.41, 5.74) is 1.73. The predicted octanol–water partition coefficient (Wildman–Crippen LogP) is 2.58. The van der Waals surface area contributed by atoms with Gasteiger partial charge in [0.05, 0.1) is 16.8 Å². The molecule has 0 spiro atoms. The van der Waals surface area contributed by atoms with Gasteiger partial charge in [-0.25, -0.2) is 9.36 Å². The number of carbonyl (C=O) groups is 1. The number of aromatic nitrogens is 3. The van der Waals surface area contributed by atoms with Gasteiger partial charge >= 0.3 is 5.69 Å². The summed E-state index contributed by atoms with van der Waals surface area (Å²) in [5, 5.41) is 2.77. The van der Waals surface area contributed by atoms with E-state index in [1.807, 2.05) is 25.1 Å². The zero-order chi connectivity index (χ0) is 19.8. The van der Waals surface area contributed by atoms with E-state index in [4.69, 9.17) is 0 Å². The summed E-state index contributed by atoms with van der Waals surface area (Å²) < 4.78 is 2.62. The van der Waals surface area contributed by atoms with E-state index >= 15 is 0 Å². The van der Waals surface area contributed by atoms with E-state index in [9.17, 15) is 14.4 Å². The summed E-state index contributed by atoms with van der Waals surface area (Å²) >= 11 is 0. The zero-order valence-corrected chi connectivity index (χ0v) is 15.4. The van der Waals surface area contributed by atoms with E-state index in [1.165, 1.54) is 0 Å². The van der Waals surface area contributed by atoms with Gasteiger partial charge in [-0.15, -0.1) is 0 Å². The van der Waals surface area contributed by atoms with Crippen LogP contribution in [0, 0.1) is 6.92 Å². The summed E-state index contributed by atoms with van der Waals surface area (Å²) in [5.74, 6) is -0.403. The molecule has 0 bridgehead atoms. The SMILES string of the molecule is Cc1ccc(-n2c(=O)[nH]c3c(C(=O)Nc4ccccc4)cn(C)c3c2=O)cc1. The lowest BCUT2D eigenvalue weighted by Gasteiger charge is -2.07. The van der Waals surface area contributed by atoms with Crippen molar-refractivity contribution in [3.8, 4) is 5.69 Å². The van der Waals surface area contributed by atoms with Crippen LogP contribution in [0.4, 0.5) is 5.69 Å². The Morgan fingerprint density at radius 3 is 2.36 bits per heavy atom. The van der Waals surface area contributed by atoms with Crippen molar-refractivity contribution in [2.45, 2.75) is 6.92 Å². The molecule has 0 fully saturated rings. The number of nitrogens with one attached hydrogen (secondary N) is 2. The molecule has 0 radical (unpaired) electrons. The van der Waals surface area contributed by atoms with Crippen molar-refractivity contribution in [2.24, 2.45) is 7.05 Å². The third-order valence-electron chi connectivity index (χ3n) is 4.59. The molecule has 7 heteroatoms. The molecule has 140 valence electrons. The number of para-hydroxylation sites is 1. The molecule has 0 saturated carbocycles. The first-order valence-electron chi connectivity index (χ1n) is 8.73. The summed E-state index contributed by atoms with van der Waals surface area (Å²) in [6, 6.07) is 16.1. The average molecular weight is 374 g/mol. The van der Waals surface area contributed by atoms with Gasteiger partial charge in [0.25, 0.3) is 11.5 Å². The Morgan fingerprint density at radius 1 is 1.00 bits per heavy atom. The van der Waals surface area contributed by atoms with Crippen LogP contribution in [0.15, 0.2) is 70.4 Å². The molecule has 0 aliphatic rings. The zero-order valence-electron chi connectivity index (χ0n) is 15.4. The number of carbonyl (C=O) groups excluding carboxylic acids is 1. The third-order valence-corrected chi connectivity index (χ3v) is 4.59. The van der Waals surface area contributed by atoms with Gasteiger partial charge in [0.2, 0.25) is 0 Å². The van der Waals surface area contributed by atoms with Crippen molar-refractivity contribution in [3.63, 3.8) is 0 Å². The number of anilines is 1. The van der Waals surface area contributed by atoms with E-state index in [2.05, 4.69) is 10.3 Å². The Morgan fingerprint density at radius 2 is 1.68 bits per heavy atom. The van der Waals surface area contributed by atoms with Crippen molar-refractivity contribution in [1.82, 2.24) is 14.1 Å². The number of hydrogen-bond donors (Lipinski definition) is 2. The minimum absolute atomic E-state index is 0.217. The maximum absolute atomic E-state index is 13.0. The fourth-order valence-electron chi connectivity index (χ4n) is 3.19. The number of fused-ring (bicyclic) bond motifs is 1. The van der Waals surface area contributed by atoms with Crippen LogP contribution in [0.2, 0.25) is 0 Å². The predicted molar refractivity (Wildman–Crippen MR) is 108 cm³/mol. The lowest BCUT2D eigenvalue weighted by molar-refractivity contribution is 0.102. The van der Waals surface area contributed by atoms with Crippen LogP contribution in [-0.2, 0) is 7.05 Å². The molecule has 0 aliphatic heterocycles. The van der Waals surface area contributed by atoms with E-state index in [0.717, 1.165) is 10.1 Å². The second kappa shape index (κ2) is 6.70. The van der Waals surface area contributed by atoms with Crippen molar-refractivity contribution in [3.05, 3.63) is 92.8 Å². The second-order valence-corrected chi connectivity index (χ2v) is 6.60. The lowest BCUT2D eigenvalue weighted by Crippen LogP contribution is -2.34. The molecule has 2 aromatic heterocycles. The van der Waals surface area contributed by atoms with Gasteiger partial charge in [-0.3, -0.25) is 9.59 Å². The van der Waals surface area contributed by atoms with Crippen LogP contribution in [0.1, 0.15) is 15.9 Å². The monoisotopic (exact) mass is 374 g/mol. The minimum atomic E-state index is -0.596. The standard InChI is InChI=1S/C21H18N4O3/c1-13-8-10-15(11-9-13)25-20(27)18-17(23-21(25)28)16(12-24(18)2)19(26)22-14-6-4-3-5-7-14/h3-12H,1-2H3,(H,22,26)(H,23,28). The normalized spacial score (nSPS) is 10.9. The second-order valence-electron chi connectivity index (χ2n) is 6.60. The van der Waals surface area contributed by atoms with Gasteiger partial charge in [-0.2, -0.15) is 0 Å². The minimum Gasteiger partial charge on any atom is -0.344 e. The largest absolute Gasteiger partial charge is 0.344 e. The molecule has 7 nitrogen and oxygen atoms in total. The van der Waals surface area contributed by atoms with Crippen LogP contribution in [0.5, 0.6) is 0 Å². The molecule has 2 heterocycles. The molecular formula is C21H18N4O3. The van der Waals surface area contributed by atoms with Gasteiger partial charge in [0.1, 0.15) is 5.52 Å². The highest BCUT2D eigenvalue weighted by Gasteiger charge is 2.20. The van der Waals surface area contributed by atoms with Crippen molar-refractivity contribution in [2.75, 3.05) is 5.32 Å². The average Bonchev–Trinajstić information content (AvgIpc) is 3.00. The number of hydrogen-bond acceptors (Lipinski definition) is 3. The van der Waals surface area contributed by atoms with E-state index in [0.29, 0.717) is 11.4 Å². The molecule has 0 aliphatic carbocycles. The van der Waals surface area contributed by atoms with E-state index in [1.54, 1.807) is 54.2 Å². The molecule has 28 heavy (non-hydrogen) atoms. The summed E-state index contributed by atoms with van der Waals surface area (Å²) in [4.78, 5) is 41.1. The summed E-state index contributed by atoms with van der Waals surface area (Å²) in [6.07, 6.45) is 1.54. The van der Waals surface area contributed by atoms with Gasteiger partial charge in [0, 0.05) is 18.9 Å². The van der Waals surface area contributed by atoms with Gasteiger partial charge in [-0.05, 0) is 31.2 Å². The van der Waals surface area contributed by atoms with E-state index < -0.39 is 17.2 Å². The number of aryl methyl sites for hydroxylation is 2. The highest BCUT2D eigenvalue weighted by Crippen LogP contribution is 2.17.